The Bertz CT molecular complexity index is 623. The lowest BCUT2D eigenvalue weighted by Crippen LogP contribution is -2.40. The summed E-state index contributed by atoms with van der Waals surface area (Å²) in [5.74, 6) is 0.380. The van der Waals surface area contributed by atoms with E-state index in [1.807, 2.05) is 29.6 Å². The van der Waals surface area contributed by atoms with Crippen molar-refractivity contribution in [3.05, 3.63) is 48.3 Å². The third-order valence-corrected chi connectivity index (χ3v) is 4.43. The number of amides is 1. The van der Waals surface area contributed by atoms with Gasteiger partial charge in [0.25, 0.3) is 0 Å². The van der Waals surface area contributed by atoms with E-state index in [-0.39, 0.29) is 11.8 Å². The number of carbonyl (C=O) groups is 1. The van der Waals surface area contributed by atoms with Gasteiger partial charge >= 0.3 is 0 Å². The van der Waals surface area contributed by atoms with Crippen LogP contribution >= 0.6 is 0 Å². The number of carbonyl (C=O) groups excluding carboxylic acids is 1. The number of hydrogen-bond acceptors (Lipinski definition) is 3. The van der Waals surface area contributed by atoms with E-state index in [1.165, 1.54) is 11.3 Å². The Balaban J connectivity index is 1.60. The molecule has 2 aromatic heterocycles. The van der Waals surface area contributed by atoms with Gasteiger partial charge in [0.05, 0.1) is 6.33 Å². The standard InChI is InChI=1S/C17H22N4O/c1-2-20(9-5-14-3-7-18-8-4-14)17(22)15-6-10-21-13-19-12-16(21)11-15/h3-4,7-8,12-13,15H,2,5-6,9-11H2,1H3. The number of nitrogens with zero attached hydrogens (tertiary/aromatic N) is 4. The van der Waals surface area contributed by atoms with Crippen LogP contribution in [0.5, 0.6) is 0 Å². The van der Waals surface area contributed by atoms with Crippen molar-refractivity contribution in [2.45, 2.75) is 32.7 Å². The first kappa shape index (κ1) is 14.8. The van der Waals surface area contributed by atoms with Crippen molar-refractivity contribution in [1.82, 2.24) is 19.4 Å². The highest BCUT2D eigenvalue weighted by Gasteiger charge is 2.27. The Hall–Kier alpha value is -2.17. The third-order valence-electron chi connectivity index (χ3n) is 4.43. The van der Waals surface area contributed by atoms with Crippen LogP contribution in [0, 0.1) is 5.92 Å². The molecule has 2 aromatic rings. The van der Waals surface area contributed by atoms with Crippen molar-refractivity contribution in [1.29, 1.82) is 0 Å². The van der Waals surface area contributed by atoms with Gasteiger partial charge in [-0.25, -0.2) is 4.98 Å². The molecule has 0 bridgehead atoms. The predicted octanol–water partition coefficient (Wildman–Crippen LogP) is 1.93. The summed E-state index contributed by atoms with van der Waals surface area (Å²) in [4.78, 5) is 22.9. The van der Waals surface area contributed by atoms with Crippen LogP contribution in [0.1, 0.15) is 24.6 Å². The van der Waals surface area contributed by atoms with E-state index in [9.17, 15) is 4.79 Å². The van der Waals surface area contributed by atoms with E-state index >= 15 is 0 Å². The van der Waals surface area contributed by atoms with E-state index in [4.69, 9.17) is 0 Å². The Morgan fingerprint density at radius 3 is 2.95 bits per heavy atom. The fourth-order valence-electron chi connectivity index (χ4n) is 3.08. The van der Waals surface area contributed by atoms with Gasteiger partial charge in [0.2, 0.25) is 5.91 Å². The second-order valence-corrected chi connectivity index (χ2v) is 5.79. The number of fused-ring (bicyclic) bond motifs is 1. The number of hydrogen-bond donors (Lipinski definition) is 0. The molecule has 1 atom stereocenters. The molecule has 1 amide bonds. The minimum atomic E-state index is 0.0987. The lowest BCUT2D eigenvalue weighted by Gasteiger charge is -2.29. The van der Waals surface area contributed by atoms with Gasteiger partial charge in [0, 0.05) is 56.3 Å². The Morgan fingerprint density at radius 2 is 2.18 bits per heavy atom. The van der Waals surface area contributed by atoms with E-state index in [0.717, 1.165) is 38.9 Å². The minimum absolute atomic E-state index is 0.0987. The van der Waals surface area contributed by atoms with E-state index in [2.05, 4.69) is 21.5 Å². The van der Waals surface area contributed by atoms with Crippen LogP contribution in [0.25, 0.3) is 0 Å². The Morgan fingerprint density at radius 1 is 1.36 bits per heavy atom. The minimum Gasteiger partial charge on any atom is -0.342 e. The Kier molecular flexibility index (Phi) is 4.51. The van der Waals surface area contributed by atoms with Gasteiger partial charge < -0.3 is 9.47 Å². The molecule has 0 radical (unpaired) electrons. The lowest BCUT2D eigenvalue weighted by molar-refractivity contribution is -0.136. The number of pyridine rings is 1. The molecule has 0 N–H and O–H groups in total. The second-order valence-electron chi connectivity index (χ2n) is 5.79. The summed E-state index contributed by atoms with van der Waals surface area (Å²) in [5.41, 5.74) is 2.40. The first-order valence-electron chi connectivity index (χ1n) is 7.94. The Labute approximate surface area is 131 Å². The smallest absolute Gasteiger partial charge is 0.226 e. The van der Waals surface area contributed by atoms with Crippen LogP contribution in [-0.4, -0.2) is 38.4 Å². The second kappa shape index (κ2) is 6.73. The van der Waals surface area contributed by atoms with Crippen molar-refractivity contribution >= 4 is 5.91 Å². The quantitative estimate of drug-likeness (QED) is 0.847. The van der Waals surface area contributed by atoms with Crippen molar-refractivity contribution < 1.29 is 4.79 Å². The van der Waals surface area contributed by atoms with Gasteiger partial charge in [0.15, 0.2) is 0 Å². The molecule has 1 aliphatic rings. The summed E-state index contributed by atoms with van der Waals surface area (Å²) in [6, 6.07) is 4.02. The van der Waals surface area contributed by atoms with E-state index in [0.29, 0.717) is 0 Å². The highest BCUT2D eigenvalue weighted by Crippen LogP contribution is 2.22. The average molecular weight is 298 g/mol. The van der Waals surface area contributed by atoms with Crippen LogP contribution in [0.2, 0.25) is 0 Å². The fraction of sp³-hybridized carbons (Fsp3) is 0.471. The summed E-state index contributed by atoms with van der Waals surface area (Å²) in [6.07, 6.45) is 9.94. The van der Waals surface area contributed by atoms with Crippen LogP contribution in [0.15, 0.2) is 37.1 Å². The average Bonchev–Trinajstić information content (AvgIpc) is 3.03. The van der Waals surface area contributed by atoms with Crippen LogP contribution in [0.3, 0.4) is 0 Å². The monoisotopic (exact) mass is 298 g/mol. The molecule has 3 rings (SSSR count). The molecule has 1 unspecified atom stereocenters. The molecule has 5 nitrogen and oxygen atoms in total. The van der Waals surface area contributed by atoms with Gasteiger partial charge in [-0.15, -0.1) is 0 Å². The van der Waals surface area contributed by atoms with Gasteiger partial charge in [0.1, 0.15) is 0 Å². The molecule has 116 valence electrons. The molecular formula is C17H22N4O. The summed E-state index contributed by atoms with van der Waals surface area (Å²) in [5, 5.41) is 0. The normalized spacial score (nSPS) is 17.0. The molecule has 0 spiro atoms. The summed E-state index contributed by atoms with van der Waals surface area (Å²) in [7, 11) is 0. The molecule has 0 saturated carbocycles. The molecule has 0 aromatic carbocycles. The maximum Gasteiger partial charge on any atom is 0.226 e. The molecular weight excluding hydrogens is 276 g/mol. The molecule has 0 aliphatic carbocycles. The van der Waals surface area contributed by atoms with Gasteiger partial charge in [-0.2, -0.15) is 0 Å². The molecule has 0 saturated heterocycles. The van der Waals surface area contributed by atoms with E-state index in [1.54, 1.807) is 12.4 Å². The zero-order valence-corrected chi connectivity index (χ0v) is 13.0. The van der Waals surface area contributed by atoms with Crippen LogP contribution in [0.4, 0.5) is 0 Å². The number of likely N-dealkylation sites (N-methyl/N-ethyl adjacent to an activating group) is 1. The first-order chi connectivity index (χ1) is 10.8. The third kappa shape index (κ3) is 3.18. The largest absolute Gasteiger partial charge is 0.342 e. The summed E-state index contributed by atoms with van der Waals surface area (Å²) < 4.78 is 2.15. The van der Waals surface area contributed by atoms with Crippen molar-refractivity contribution in [2.24, 2.45) is 5.92 Å². The van der Waals surface area contributed by atoms with Crippen molar-refractivity contribution in [3.63, 3.8) is 0 Å². The number of aromatic nitrogens is 3. The zero-order valence-electron chi connectivity index (χ0n) is 13.0. The fourth-order valence-corrected chi connectivity index (χ4v) is 3.08. The molecule has 22 heavy (non-hydrogen) atoms. The maximum atomic E-state index is 12.8. The highest BCUT2D eigenvalue weighted by atomic mass is 16.2. The zero-order chi connectivity index (χ0) is 15.4. The van der Waals surface area contributed by atoms with E-state index < -0.39 is 0 Å². The lowest BCUT2D eigenvalue weighted by atomic mass is 9.94. The van der Waals surface area contributed by atoms with Crippen molar-refractivity contribution in [3.8, 4) is 0 Å². The molecule has 5 heteroatoms. The highest BCUT2D eigenvalue weighted by molar-refractivity contribution is 5.79. The van der Waals surface area contributed by atoms with Crippen LogP contribution < -0.4 is 0 Å². The first-order valence-corrected chi connectivity index (χ1v) is 7.94. The molecule has 3 heterocycles. The topological polar surface area (TPSA) is 51.0 Å². The van der Waals surface area contributed by atoms with Crippen LogP contribution in [-0.2, 0) is 24.2 Å². The van der Waals surface area contributed by atoms with Crippen molar-refractivity contribution in [2.75, 3.05) is 13.1 Å². The van der Waals surface area contributed by atoms with Gasteiger partial charge in [-0.05, 0) is 37.5 Å². The summed E-state index contributed by atoms with van der Waals surface area (Å²) >= 11 is 0. The SMILES string of the molecule is CCN(CCc1ccncc1)C(=O)C1CCn2cncc2C1. The number of aryl methyl sites for hydroxylation is 1. The summed E-state index contributed by atoms with van der Waals surface area (Å²) in [6.45, 7) is 4.49. The van der Waals surface area contributed by atoms with Gasteiger partial charge in [-0.3, -0.25) is 9.78 Å². The molecule has 0 fully saturated rings. The van der Waals surface area contributed by atoms with Gasteiger partial charge in [-0.1, -0.05) is 0 Å². The number of imidazole rings is 1. The number of rotatable bonds is 5. The maximum absolute atomic E-state index is 12.8. The molecule has 1 aliphatic heterocycles. The predicted molar refractivity (Wildman–Crippen MR) is 84.2 cm³/mol.